The fourth-order valence-electron chi connectivity index (χ4n) is 1.81. The lowest BCUT2D eigenvalue weighted by Crippen LogP contribution is -1.97. The van der Waals surface area contributed by atoms with E-state index in [1.165, 1.54) is 18.4 Å². The van der Waals surface area contributed by atoms with Crippen LogP contribution in [0.3, 0.4) is 0 Å². The van der Waals surface area contributed by atoms with Gasteiger partial charge in [-0.15, -0.1) is 12.3 Å². The molecule has 0 bridgehead atoms. The van der Waals surface area contributed by atoms with Crippen molar-refractivity contribution in [2.24, 2.45) is 0 Å². The Morgan fingerprint density at radius 3 is 2.25 bits per heavy atom. The van der Waals surface area contributed by atoms with Crippen LogP contribution in [0.5, 0.6) is 0 Å². The normalized spacial score (nSPS) is 10.9. The van der Waals surface area contributed by atoms with E-state index in [-0.39, 0.29) is 0 Å². The number of rotatable bonds is 5. The van der Waals surface area contributed by atoms with Crippen LogP contribution in [0.1, 0.15) is 57.9 Å². The van der Waals surface area contributed by atoms with Gasteiger partial charge in [0.15, 0.2) is 0 Å². The minimum atomic E-state index is 0.650. The quantitative estimate of drug-likeness (QED) is 0.607. The summed E-state index contributed by atoms with van der Waals surface area (Å²) in [7, 11) is 0. The van der Waals surface area contributed by atoms with Crippen LogP contribution in [0.25, 0.3) is 0 Å². The second kappa shape index (κ2) is 10.3. The third-order valence-electron chi connectivity index (χ3n) is 2.55. The third-order valence-corrected chi connectivity index (χ3v) is 2.55. The summed E-state index contributed by atoms with van der Waals surface area (Å²) in [6.45, 7) is 6.23. The molecule has 0 saturated heterocycles. The van der Waals surface area contributed by atoms with Crippen LogP contribution in [0.2, 0.25) is 0 Å². The monoisotopic (exact) mass is 216 g/mol. The zero-order valence-corrected chi connectivity index (χ0v) is 10.9. The lowest BCUT2D eigenvalue weighted by molar-refractivity contribution is 0.578. The Morgan fingerprint density at radius 2 is 1.75 bits per heavy atom. The third kappa shape index (κ3) is 5.61. The smallest absolute Gasteiger partial charge is 0.00918 e. The summed E-state index contributed by atoms with van der Waals surface area (Å²) < 4.78 is 0. The molecule has 0 heterocycles. The molecule has 1 aromatic rings. The summed E-state index contributed by atoms with van der Waals surface area (Å²) in [5.74, 6) is 3.38. The van der Waals surface area contributed by atoms with Crippen molar-refractivity contribution in [3.05, 3.63) is 35.9 Å². The highest BCUT2D eigenvalue weighted by Crippen LogP contribution is 2.25. The van der Waals surface area contributed by atoms with Gasteiger partial charge in [0, 0.05) is 6.42 Å². The van der Waals surface area contributed by atoms with Crippen molar-refractivity contribution in [1.29, 1.82) is 0 Å². The summed E-state index contributed by atoms with van der Waals surface area (Å²) >= 11 is 0. The molecule has 0 heteroatoms. The zero-order chi connectivity index (χ0) is 12.2. The fourth-order valence-corrected chi connectivity index (χ4v) is 1.81. The molecule has 1 atom stereocenters. The molecule has 1 unspecified atom stereocenters. The molecule has 0 aromatic heterocycles. The van der Waals surface area contributed by atoms with Crippen LogP contribution in [0.4, 0.5) is 0 Å². The molecule has 0 aliphatic heterocycles. The van der Waals surface area contributed by atoms with E-state index in [0.717, 1.165) is 12.8 Å². The second-order valence-electron chi connectivity index (χ2n) is 3.64. The van der Waals surface area contributed by atoms with E-state index in [1.807, 2.05) is 13.8 Å². The van der Waals surface area contributed by atoms with Crippen LogP contribution in [0, 0.1) is 12.3 Å². The molecule has 0 aliphatic rings. The van der Waals surface area contributed by atoms with Gasteiger partial charge in [0.05, 0.1) is 0 Å². The van der Waals surface area contributed by atoms with Gasteiger partial charge in [0.25, 0.3) is 0 Å². The fraction of sp³-hybridized carbons (Fsp3) is 0.500. The first-order valence-electron chi connectivity index (χ1n) is 6.37. The summed E-state index contributed by atoms with van der Waals surface area (Å²) in [5, 5.41) is 0. The van der Waals surface area contributed by atoms with Crippen LogP contribution in [-0.4, -0.2) is 0 Å². The van der Waals surface area contributed by atoms with Crippen molar-refractivity contribution in [1.82, 2.24) is 0 Å². The predicted octanol–water partition coefficient (Wildman–Crippen LogP) is 5.01. The van der Waals surface area contributed by atoms with Gasteiger partial charge in [-0.1, -0.05) is 57.5 Å². The Morgan fingerprint density at radius 1 is 1.12 bits per heavy atom. The number of benzene rings is 1. The van der Waals surface area contributed by atoms with Crippen molar-refractivity contribution in [2.75, 3.05) is 0 Å². The molecule has 0 radical (unpaired) electrons. The number of terminal acetylenes is 1. The van der Waals surface area contributed by atoms with Crippen molar-refractivity contribution in [3.63, 3.8) is 0 Å². The highest BCUT2D eigenvalue weighted by molar-refractivity contribution is 5.19. The lowest BCUT2D eigenvalue weighted by atomic mass is 9.90. The Bertz CT molecular complexity index is 279. The molecule has 16 heavy (non-hydrogen) atoms. The van der Waals surface area contributed by atoms with Crippen LogP contribution in [-0.2, 0) is 0 Å². The molecule has 0 amide bonds. The van der Waals surface area contributed by atoms with Crippen LogP contribution < -0.4 is 0 Å². The molecule has 1 rings (SSSR count). The first kappa shape index (κ1) is 14.8. The van der Waals surface area contributed by atoms with E-state index in [0.29, 0.717) is 5.92 Å². The minimum absolute atomic E-state index is 0.650. The van der Waals surface area contributed by atoms with E-state index in [4.69, 9.17) is 6.42 Å². The first-order valence-corrected chi connectivity index (χ1v) is 6.37. The molecule has 0 N–H and O–H groups in total. The van der Waals surface area contributed by atoms with Gasteiger partial charge in [-0.25, -0.2) is 0 Å². The number of hydrogen-bond donors (Lipinski definition) is 0. The minimum Gasteiger partial charge on any atom is -0.120 e. The van der Waals surface area contributed by atoms with Crippen LogP contribution in [0.15, 0.2) is 30.3 Å². The highest BCUT2D eigenvalue weighted by Gasteiger charge is 2.08. The lowest BCUT2D eigenvalue weighted by Gasteiger charge is -2.14. The van der Waals surface area contributed by atoms with Gasteiger partial charge in [-0.05, 0) is 24.3 Å². The Kier molecular flexibility index (Phi) is 9.52. The van der Waals surface area contributed by atoms with E-state index < -0.39 is 0 Å². The van der Waals surface area contributed by atoms with Crippen LogP contribution >= 0.6 is 0 Å². The summed E-state index contributed by atoms with van der Waals surface area (Å²) in [4.78, 5) is 0. The molecule has 1 aromatic carbocycles. The van der Waals surface area contributed by atoms with Crippen molar-refractivity contribution >= 4 is 0 Å². The molecule has 88 valence electrons. The Labute approximate surface area is 101 Å². The highest BCUT2D eigenvalue weighted by atomic mass is 14.1. The molecule has 0 nitrogen and oxygen atoms in total. The average molecular weight is 216 g/mol. The zero-order valence-electron chi connectivity index (χ0n) is 10.9. The largest absolute Gasteiger partial charge is 0.120 e. The summed E-state index contributed by atoms with van der Waals surface area (Å²) in [6.07, 6.45) is 9.78. The molecular formula is C16H24. The van der Waals surface area contributed by atoms with Gasteiger partial charge < -0.3 is 0 Å². The van der Waals surface area contributed by atoms with Gasteiger partial charge in [-0.2, -0.15) is 0 Å². The summed E-state index contributed by atoms with van der Waals surface area (Å²) in [5.41, 5.74) is 1.43. The molecule has 0 fully saturated rings. The van der Waals surface area contributed by atoms with E-state index >= 15 is 0 Å². The Balaban J connectivity index is 0.00000106. The van der Waals surface area contributed by atoms with Crippen molar-refractivity contribution in [2.45, 2.75) is 52.4 Å². The molecule has 0 spiro atoms. The maximum atomic E-state index is 5.30. The SMILES string of the molecule is C#CCCC(CCC)c1ccccc1.CC. The molecule has 0 saturated carbocycles. The van der Waals surface area contributed by atoms with Gasteiger partial charge >= 0.3 is 0 Å². The van der Waals surface area contributed by atoms with Gasteiger partial charge in [0.2, 0.25) is 0 Å². The number of hydrogen-bond acceptors (Lipinski definition) is 0. The molecule has 0 aliphatic carbocycles. The average Bonchev–Trinajstić information content (AvgIpc) is 2.38. The predicted molar refractivity (Wildman–Crippen MR) is 73.5 cm³/mol. The standard InChI is InChI=1S/C14H18.C2H6/c1-3-5-10-13(9-4-2)14-11-7-6-8-12-14;1-2/h1,6-8,11-13H,4-5,9-10H2,2H3;1-2H3. The topological polar surface area (TPSA) is 0 Å². The maximum absolute atomic E-state index is 5.30. The molecular weight excluding hydrogens is 192 g/mol. The second-order valence-corrected chi connectivity index (χ2v) is 3.64. The van der Waals surface area contributed by atoms with Gasteiger partial charge in [0.1, 0.15) is 0 Å². The van der Waals surface area contributed by atoms with Crippen molar-refractivity contribution in [3.8, 4) is 12.3 Å². The van der Waals surface area contributed by atoms with Crippen molar-refractivity contribution < 1.29 is 0 Å². The van der Waals surface area contributed by atoms with E-state index in [2.05, 4.69) is 43.2 Å². The van der Waals surface area contributed by atoms with E-state index in [1.54, 1.807) is 0 Å². The maximum Gasteiger partial charge on any atom is 0.00918 e. The Hall–Kier alpha value is -1.22. The van der Waals surface area contributed by atoms with E-state index in [9.17, 15) is 0 Å². The van der Waals surface area contributed by atoms with Gasteiger partial charge in [-0.3, -0.25) is 0 Å². The summed E-state index contributed by atoms with van der Waals surface area (Å²) in [6, 6.07) is 10.7. The first-order chi connectivity index (χ1) is 7.88.